The van der Waals surface area contributed by atoms with Gasteiger partial charge >= 0.3 is 0 Å². The Morgan fingerprint density at radius 1 is 1.18 bits per heavy atom. The van der Waals surface area contributed by atoms with Crippen LogP contribution in [0.25, 0.3) is 16.6 Å². The number of benzene rings is 1. The summed E-state index contributed by atoms with van der Waals surface area (Å²) in [6, 6.07) is 10.2. The van der Waals surface area contributed by atoms with Crippen molar-refractivity contribution in [2.24, 2.45) is 0 Å². The largest absolute Gasteiger partial charge is 0.304 e. The molecule has 22 heavy (non-hydrogen) atoms. The normalized spacial score (nSPS) is 17.0. The summed E-state index contributed by atoms with van der Waals surface area (Å²) in [5.41, 5.74) is 6.16. The lowest BCUT2D eigenvalue weighted by Gasteiger charge is -2.13. The van der Waals surface area contributed by atoms with Gasteiger partial charge in [0.1, 0.15) is 11.2 Å². The van der Waals surface area contributed by atoms with E-state index in [2.05, 4.69) is 43.3 Å². The molecule has 1 N–H and O–H groups in total. The smallest absolute Gasteiger partial charge is 0.212 e. The van der Waals surface area contributed by atoms with Gasteiger partial charge in [-0.05, 0) is 29.5 Å². The van der Waals surface area contributed by atoms with Gasteiger partial charge in [-0.2, -0.15) is 4.52 Å². The molecule has 0 amide bonds. The number of hydrogen-bond acceptors (Lipinski definition) is 7. The number of aromatic nitrogens is 7. The predicted molar refractivity (Wildman–Crippen MR) is 81.0 cm³/mol. The maximum absolute atomic E-state index is 4.19. The molecule has 8 nitrogen and oxygen atoms in total. The number of para-hydroxylation sites is 1. The molecule has 0 bridgehead atoms. The van der Waals surface area contributed by atoms with E-state index >= 15 is 0 Å². The van der Waals surface area contributed by atoms with Crippen molar-refractivity contribution < 1.29 is 0 Å². The molecule has 9 heteroatoms. The van der Waals surface area contributed by atoms with Gasteiger partial charge in [0.2, 0.25) is 5.16 Å². The summed E-state index contributed by atoms with van der Waals surface area (Å²) in [6.07, 6.45) is 0. The fraction of sp³-hybridized carbons (Fsp3) is 0.154. The minimum atomic E-state index is 0.00214. The Labute approximate surface area is 128 Å². The summed E-state index contributed by atoms with van der Waals surface area (Å²) in [5, 5.41) is 22.3. The lowest BCUT2D eigenvalue weighted by atomic mass is 10.1. The van der Waals surface area contributed by atoms with Crippen molar-refractivity contribution in [2.75, 3.05) is 5.43 Å². The van der Waals surface area contributed by atoms with Crippen LogP contribution in [0.1, 0.15) is 16.8 Å². The van der Waals surface area contributed by atoms with Crippen molar-refractivity contribution >= 4 is 28.3 Å². The highest BCUT2D eigenvalue weighted by Crippen LogP contribution is 2.40. The molecule has 4 heterocycles. The zero-order chi connectivity index (χ0) is 14.7. The van der Waals surface area contributed by atoms with Crippen LogP contribution >= 0.6 is 11.8 Å². The minimum absolute atomic E-state index is 0.00214. The first-order chi connectivity index (χ1) is 10.8. The Balaban J connectivity index is 1.72. The molecule has 1 unspecified atom stereocenters. The molecule has 1 aliphatic rings. The number of nitrogens with one attached hydrogen (secondary N) is 1. The van der Waals surface area contributed by atoms with E-state index in [0.717, 1.165) is 33.1 Å². The third-order valence-corrected chi connectivity index (χ3v) is 4.82. The predicted octanol–water partition coefficient (Wildman–Crippen LogP) is 1.53. The standard InChI is InChI=1S/C13H10N8S/c1-7-14-16-13-20(7)17-12(22-13)9-6-8-4-2-3-5-10(8)21-11(9)15-18-19-21/h2-6,12,17H,1H3. The zero-order valence-electron chi connectivity index (χ0n) is 11.5. The summed E-state index contributed by atoms with van der Waals surface area (Å²) >= 11 is 1.61. The van der Waals surface area contributed by atoms with Crippen LogP contribution in [-0.2, 0) is 0 Å². The first-order valence-electron chi connectivity index (χ1n) is 6.76. The number of tetrazole rings is 1. The van der Waals surface area contributed by atoms with Gasteiger partial charge in [-0.25, -0.2) is 4.68 Å². The fourth-order valence-corrected chi connectivity index (χ4v) is 3.75. The molecule has 1 atom stereocenters. The van der Waals surface area contributed by atoms with Crippen LogP contribution in [0, 0.1) is 6.92 Å². The molecule has 5 rings (SSSR count). The number of thioether (sulfide) groups is 1. The van der Waals surface area contributed by atoms with Crippen LogP contribution in [0.2, 0.25) is 0 Å². The zero-order valence-corrected chi connectivity index (χ0v) is 12.3. The van der Waals surface area contributed by atoms with Crippen molar-refractivity contribution in [3.63, 3.8) is 0 Å². The fourth-order valence-electron chi connectivity index (χ4n) is 2.71. The van der Waals surface area contributed by atoms with Crippen molar-refractivity contribution in [3.05, 3.63) is 41.7 Å². The molecule has 0 saturated carbocycles. The van der Waals surface area contributed by atoms with Crippen molar-refractivity contribution in [3.8, 4) is 0 Å². The SMILES string of the molecule is Cc1nnc2n1NC(c1cc3ccccc3n3nnnc13)S2. The highest BCUT2D eigenvalue weighted by atomic mass is 32.2. The van der Waals surface area contributed by atoms with E-state index in [4.69, 9.17) is 0 Å². The Bertz CT molecular complexity index is 1020. The minimum Gasteiger partial charge on any atom is -0.304 e. The summed E-state index contributed by atoms with van der Waals surface area (Å²) in [7, 11) is 0. The lowest BCUT2D eigenvalue weighted by molar-refractivity contribution is 0.763. The number of nitrogens with zero attached hydrogens (tertiary/aromatic N) is 7. The number of pyridine rings is 1. The van der Waals surface area contributed by atoms with Gasteiger partial charge in [0.15, 0.2) is 5.65 Å². The Hall–Kier alpha value is -2.68. The Morgan fingerprint density at radius 2 is 2.09 bits per heavy atom. The van der Waals surface area contributed by atoms with Crippen LogP contribution in [0.3, 0.4) is 0 Å². The van der Waals surface area contributed by atoms with E-state index in [9.17, 15) is 0 Å². The highest BCUT2D eigenvalue weighted by Gasteiger charge is 2.29. The molecular formula is C13H10N8S. The van der Waals surface area contributed by atoms with Crippen LogP contribution in [0.4, 0.5) is 0 Å². The van der Waals surface area contributed by atoms with Gasteiger partial charge in [-0.3, -0.25) is 0 Å². The third-order valence-electron chi connectivity index (χ3n) is 3.75. The molecule has 0 saturated heterocycles. The van der Waals surface area contributed by atoms with E-state index in [-0.39, 0.29) is 5.37 Å². The molecule has 3 aromatic heterocycles. The molecule has 1 aliphatic heterocycles. The number of hydrogen-bond donors (Lipinski definition) is 1. The number of aryl methyl sites for hydroxylation is 1. The third kappa shape index (κ3) is 1.51. The van der Waals surface area contributed by atoms with Crippen LogP contribution in [0.5, 0.6) is 0 Å². The Morgan fingerprint density at radius 3 is 3.00 bits per heavy atom. The van der Waals surface area contributed by atoms with E-state index in [0.29, 0.717) is 0 Å². The topological polar surface area (TPSA) is 85.8 Å². The van der Waals surface area contributed by atoms with E-state index in [1.165, 1.54) is 0 Å². The summed E-state index contributed by atoms with van der Waals surface area (Å²) in [5.74, 6) is 0.835. The van der Waals surface area contributed by atoms with E-state index in [1.807, 2.05) is 29.8 Å². The molecule has 1 aromatic carbocycles. The average molecular weight is 310 g/mol. The van der Waals surface area contributed by atoms with Gasteiger partial charge in [-0.15, -0.1) is 15.3 Å². The van der Waals surface area contributed by atoms with Gasteiger partial charge in [-0.1, -0.05) is 30.0 Å². The summed E-state index contributed by atoms with van der Waals surface area (Å²) < 4.78 is 3.67. The van der Waals surface area contributed by atoms with E-state index < -0.39 is 0 Å². The molecule has 0 aliphatic carbocycles. The maximum Gasteiger partial charge on any atom is 0.212 e. The molecule has 0 fully saturated rings. The first-order valence-corrected chi connectivity index (χ1v) is 7.64. The quantitative estimate of drug-likeness (QED) is 0.570. The monoisotopic (exact) mass is 310 g/mol. The van der Waals surface area contributed by atoms with Gasteiger partial charge in [0, 0.05) is 10.9 Å². The van der Waals surface area contributed by atoms with Crippen molar-refractivity contribution in [1.29, 1.82) is 0 Å². The molecular weight excluding hydrogens is 300 g/mol. The van der Waals surface area contributed by atoms with Crippen molar-refractivity contribution in [2.45, 2.75) is 17.5 Å². The molecule has 0 spiro atoms. The Kier molecular flexibility index (Phi) is 2.26. The average Bonchev–Trinajstić information content (AvgIpc) is 3.24. The van der Waals surface area contributed by atoms with Crippen LogP contribution in [0.15, 0.2) is 35.5 Å². The summed E-state index contributed by atoms with van der Waals surface area (Å²) in [4.78, 5) is 0. The second-order valence-corrected chi connectivity index (χ2v) is 6.14. The van der Waals surface area contributed by atoms with Gasteiger partial charge in [0.05, 0.1) is 5.52 Å². The lowest BCUT2D eigenvalue weighted by Crippen LogP contribution is -2.15. The second-order valence-electron chi connectivity index (χ2n) is 5.06. The second kappa shape index (κ2) is 4.17. The van der Waals surface area contributed by atoms with Gasteiger partial charge in [0.25, 0.3) is 0 Å². The van der Waals surface area contributed by atoms with E-state index in [1.54, 1.807) is 16.3 Å². The highest BCUT2D eigenvalue weighted by molar-refractivity contribution is 7.99. The maximum atomic E-state index is 4.19. The summed E-state index contributed by atoms with van der Waals surface area (Å²) in [6.45, 7) is 1.92. The molecule has 108 valence electrons. The number of fused-ring (bicyclic) bond motifs is 4. The molecule has 0 radical (unpaired) electrons. The van der Waals surface area contributed by atoms with Crippen molar-refractivity contribution in [1.82, 2.24) is 34.9 Å². The van der Waals surface area contributed by atoms with Gasteiger partial charge < -0.3 is 5.43 Å². The molecule has 4 aromatic rings. The first kappa shape index (κ1) is 11.9. The van der Waals surface area contributed by atoms with Crippen LogP contribution < -0.4 is 5.43 Å². The number of rotatable bonds is 1. The van der Waals surface area contributed by atoms with Crippen LogP contribution in [-0.4, -0.2) is 34.9 Å².